The zero-order valence-electron chi connectivity index (χ0n) is 13.1. The molecule has 0 saturated carbocycles. The highest BCUT2D eigenvalue weighted by Gasteiger charge is 2.07. The fraction of sp³-hybridized carbons (Fsp3) is 0.167. The van der Waals surface area contributed by atoms with Crippen molar-refractivity contribution >= 4 is 17.4 Å². The number of ether oxygens (including phenoxy) is 1. The predicted molar refractivity (Wildman–Crippen MR) is 88.3 cm³/mol. The highest BCUT2D eigenvalue weighted by molar-refractivity contribution is 6.04. The number of esters is 1. The number of nitrogens with zero attached hydrogens (tertiary/aromatic N) is 1. The van der Waals surface area contributed by atoms with Crippen LogP contribution in [0, 0.1) is 0 Å². The van der Waals surface area contributed by atoms with Crippen molar-refractivity contribution in [2.45, 2.75) is 13.8 Å². The van der Waals surface area contributed by atoms with E-state index in [0.717, 1.165) is 0 Å². The van der Waals surface area contributed by atoms with Crippen LogP contribution in [0.5, 0.6) is 0 Å². The number of carbonyl (C=O) groups is 2. The molecule has 5 heteroatoms. The van der Waals surface area contributed by atoms with E-state index >= 15 is 0 Å². The van der Waals surface area contributed by atoms with Crippen molar-refractivity contribution in [3.63, 3.8) is 0 Å². The van der Waals surface area contributed by atoms with Gasteiger partial charge in [0.1, 0.15) is 0 Å². The number of hydrogen-bond acceptors (Lipinski definition) is 5. The van der Waals surface area contributed by atoms with E-state index in [1.165, 1.54) is 12.3 Å². The summed E-state index contributed by atoms with van der Waals surface area (Å²) in [5, 5.41) is 3.09. The van der Waals surface area contributed by atoms with Crippen LogP contribution in [0.15, 0.2) is 60.6 Å². The molecule has 0 fully saturated rings. The van der Waals surface area contributed by atoms with Crippen molar-refractivity contribution in [3.8, 4) is 0 Å². The molecule has 0 bridgehead atoms. The van der Waals surface area contributed by atoms with E-state index in [1.54, 1.807) is 50.4 Å². The van der Waals surface area contributed by atoms with Crippen molar-refractivity contribution in [2.75, 3.05) is 11.9 Å². The summed E-state index contributed by atoms with van der Waals surface area (Å²) in [7, 11) is 0. The van der Waals surface area contributed by atoms with Crippen molar-refractivity contribution in [2.24, 2.45) is 0 Å². The molecule has 0 unspecified atom stereocenters. The topological polar surface area (TPSA) is 68.3 Å². The Labute approximate surface area is 135 Å². The summed E-state index contributed by atoms with van der Waals surface area (Å²) in [6, 6.07) is 10.4. The van der Waals surface area contributed by atoms with E-state index in [4.69, 9.17) is 4.74 Å². The quantitative estimate of drug-likeness (QED) is 0.503. The minimum Gasteiger partial charge on any atom is -0.462 e. The lowest BCUT2D eigenvalue weighted by Gasteiger charge is -2.08. The van der Waals surface area contributed by atoms with Gasteiger partial charge in [0.05, 0.1) is 12.2 Å². The van der Waals surface area contributed by atoms with Gasteiger partial charge in [0.2, 0.25) is 0 Å². The number of nitrogens with one attached hydrogen (secondary N) is 1. The number of rotatable bonds is 6. The maximum atomic E-state index is 12.1. The lowest BCUT2D eigenvalue weighted by atomic mass is 10.1. The Hall–Kier alpha value is -2.95. The number of hydrogen-bond donors (Lipinski definition) is 1. The molecule has 0 amide bonds. The Bertz CT molecular complexity index is 724. The summed E-state index contributed by atoms with van der Waals surface area (Å²) in [5.74, 6) is -0.506. The van der Waals surface area contributed by atoms with E-state index in [-0.39, 0.29) is 11.8 Å². The van der Waals surface area contributed by atoms with Crippen LogP contribution >= 0.6 is 0 Å². The van der Waals surface area contributed by atoms with Crippen LogP contribution in [0.4, 0.5) is 5.69 Å². The highest BCUT2D eigenvalue weighted by Crippen LogP contribution is 2.14. The minimum atomic E-state index is -0.371. The maximum absolute atomic E-state index is 12.1. The van der Waals surface area contributed by atoms with Gasteiger partial charge >= 0.3 is 5.97 Å². The Balaban J connectivity index is 2.09. The molecule has 1 N–H and O–H groups in total. The Morgan fingerprint density at radius 2 is 2.00 bits per heavy atom. The number of anilines is 1. The average molecular weight is 310 g/mol. The molecule has 0 aliphatic rings. The molecule has 0 atom stereocenters. The number of pyridine rings is 1. The lowest BCUT2D eigenvalue weighted by molar-refractivity contribution is 0.0526. The van der Waals surface area contributed by atoms with Crippen LogP contribution in [-0.2, 0) is 4.74 Å². The molecule has 23 heavy (non-hydrogen) atoms. The van der Waals surface area contributed by atoms with Crippen molar-refractivity contribution < 1.29 is 14.3 Å². The van der Waals surface area contributed by atoms with Crippen molar-refractivity contribution in [3.05, 3.63) is 71.7 Å². The third-order valence-electron chi connectivity index (χ3n) is 3.01. The first kappa shape index (κ1) is 16.4. The van der Waals surface area contributed by atoms with Gasteiger partial charge < -0.3 is 10.1 Å². The van der Waals surface area contributed by atoms with Gasteiger partial charge in [-0.05, 0) is 44.2 Å². The van der Waals surface area contributed by atoms with Gasteiger partial charge in [0.15, 0.2) is 5.78 Å². The van der Waals surface area contributed by atoms with Gasteiger partial charge in [-0.2, -0.15) is 0 Å². The van der Waals surface area contributed by atoms with E-state index in [1.807, 2.05) is 6.07 Å². The summed E-state index contributed by atoms with van der Waals surface area (Å²) in [4.78, 5) is 27.7. The molecule has 0 aliphatic carbocycles. The highest BCUT2D eigenvalue weighted by atomic mass is 16.5. The Kier molecular flexibility index (Phi) is 5.63. The molecule has 1 heterocycles. The summed E-state index contributed by atoms with van der Waals surface area (Å²) in [6.07, 6.45) is 4.63. The predicted octanol–water partition coefficient (Wildman–Crippen LogP) is 3.46. The zero-order valence-corrected chi connectivity index (χ0v) is 13.1. The molecular weight excluding hydrogens is 292 g/mol. The number of benzene rings is 1. The summed E-state index contributed by atoms with van der Waals surface area (Å²) >= 11 is 0. The summed E-state index contributed by atoms with van der Waals surface area (Å²) in [6.45, 7) is 3.87. The molecule has 0 radical (unpaired) electrons. The first-order valence-corrected chi connectivity index (χ1v) is 7.27. The smallest absolute Gasteiger partial charge is 0.338 e. The minimum absolute atomic E-state index is 0.135. The lowest BCUT2D eigenvalue weighted by Crippen LogP contribution is -2.06. The monoisotopic (exact) mass is 310 g/mol. The number of carbonyl (C=O) groups excluding carboxylic acids is 2. The normalized spacial score (nSPS) is 11.0. The fourth-order valence-electron chi connectivity index (χ4n) is 1.99. The molecule has 118 valence electrons. The van der Waals surface area contributed by atoms with Crippen LogP contribution in [-0.4, -0.2) is 23.3 Å². The first-order chi connectivity index (χ1) is 11.1. The van der Waals surface area contributed by atoms with E-state index < -0.39 is 0 Å². The molecule has 2 aromatic rings. The molecule has 1 aromatic carbocycles. The number of ketones is 1. The van der Waals surface area contributed by atoms with E-state index in [9.17, 15) is 9.59 Å². The maximum Gasteiger partial charge on any atom is 0.338 e. The second-order valence-electron chi connectivity index (χ2n) is 4.86. The summed E-state index contributed by atoms with van der Waals surface area (Å²) in [5.41, 5.74) is 2.36. The average Bonchev–Trinajstić information content (AvgIpc) is 2.56. The van der Waals surface area contributed by atoms with Crippen LogP contribution in [0.2, 0.25) is 0 Å². The van der Waals surface area contributed by atoms with E-state index in [2.05, 4.69) is 10.3 Å². The van der Waals surface area contributed by atoms with Gasteiger partial charge in [-0.1, -0.05) is 6.07 Å². The summed E-state index contributed by atoms with van der Waals surface area (Å²) < 4.78 is 4.97. The standard InChI is InChI=1S/C18H18N2O3/c1-3-23-18(22)14-6-4-8-16(11-14)20-13(2)10-17(21)15-7-5-9-19-12-15/h4-12,20H,3H2,1-2H3/b13-10+. The number of allylic oxidation sites excluding steroid dienone is 2. The molecule has 2 rings (SSSR count). The van der Waals surface area contributed by atoms with Gasteiger partial charge in [-0.25, -0.2) is 4.79 Å². The molecule has 1 aromatic heterocycles. The van der Waals surface area contributed by atoms with Crippen molar-refractivity contribution in [1.29, 1.82) is 0 Å². The molecular formula is C18H18N2O3. The van der Waals surface area contributed by atoms with Crippen LogP contribution < -0.4 is 5.32 Å². The molecule has 0 spiro atoms. The Morgan fingerprint density at radius 1 is 1.22 bits per heavy atom. The van der Waals surface area contributed by atoms with Crippen molar-refractivity contribution in [1.82, 2.24) is 4.98 Å². The number of aromatic nitrogens is 1. The largest absolute Gasteiger partial charge is 0.462 e. The molecule has 5 nitrogen and oxygen atoms in total. The third-order valence-corrected chi connectivity index (χ3v) is 3.01. The fourth-order valence-corrected chi connectivity index (χ4v) is 1.99. The van der Waals surface area contributed by atoms with Gasteiger partial charge in [-0.3, -0.25) is 9.78 Å². The van der Waals surface area contributed by atoms with Gasteiger partial charge in [0.25, 0.3) is 0 Å². The molecule has 0 aliphatic heterocycles. The van der Waals surface area contributed by atoms with Crippen LogP contribution in [0.3, 0.4) is 0 Å². The van der Waals surface area contributed by atoms with E-state index in [0.29, 0.717) is 29.1 Å². The van der Waals surface area contributed by atoms with Gasteiger partial charge in [-0.15, -0.1) is 0 Å². The van der Waals surface area contributed by atoms with Gasteiger partial charge in [0, 0.05) is 35.4 Å². The second kappa shape index (κ2) is 7.89. The van der Waals surface area contributed by atoms with Crippen LogP contribution in [0.25, 0.3) is 0 Å². The third kappa shape index (κ3) is 4.78. The second-order valence-corrected chi connectivity index (χ2v) is 4.86. The first-order valence-electron chi connectivity index (χ1n) is 7.27. The van der Waals surface area contributed by atoms with Crippen LogP contribution in [0.1, 0.15) is 34.6 Å². The molecule has 0 saturated heterocycles. The Morgan fingerprint density at radius 3 is 2.70 bits per heavy atom. The zero-order chi connectivity index (χ0) is 16.7. The SMILES string of the molecule is CCOC(=O)c1cccc(N/C(C)=C/C(=O)c2cccnc2)c1.